The zero-order chi connectivity index (χ0) is 18.9. The number of carbonyl (C=O) groups is 5. The van der Waals surface area contributed by atoms with Crippen molar-refractivity contribution in [3.05, 3.63) is 0 Å². The summed E-state index contributed by atoms with van der Waals surface area (Å²) in [6, 6.07) is -4.06. The maximum absolute atomic E-state index is 12.1. The highest BCUT2D eigenvalue weighted by Crippen LogP contribution is 2.01. The number of hydrogen-bond acceptors (Lipinski definition) is 7. The summed E-state index contributed by atoms with van der Waals surface area (Å²) >= 11 is 3.80. The van der Waals surface area contributed by atoms with Gasteiger partial charge in [0.2, 0.25) is 17.7 Å². The average molecular weight is 364 g/mol. The van der Waals surface area contributed by atoms with E-state index in [-0.39, 0.29) is 18.6 Å². The number of primary amides is 1. The zero-order valence-corrected chi connectivity index (χ0v) is 13.5. The van der Waals surface area contributed by atoms with Gasteiger partial charge in [-0.1, -0.05) is 0 Å². The molecule has 0 fully saturated rings. The lowest BCUT2D eigenvalue weighted by Gasteiger charge is -2.21. The maximum atomic E-state index is 12.1. The van der Waals surface area contributed by atoms with Gasteiger partial charge < -0.3 is 32.3 Å². The number of carboxylic acids is 2. The molecule has 3 atom stereocenters. The summed E-state index contributed by atoms with van der Waals surface area (Å²) in [6.45, 7) is 0. The van der Waals surface area contributed by atoms with Crippen molar-refractivity contribution in [1.82, 2.24) is 10.6 Å². The molecule has 0 bridgehead atoms. The molecule has 0 aromatic carbocycles. The minimum absolute atomic E-state index is 0.0381. The monoisotopic (exact) mass is 364 g/mol. The number of rotatable bonds is 11. The van der Waals surface area contributed by atoms with Crippen LogP contribution in [0.1, 0.15) is 19.3 Å². The molecule has 0 aliphatic rings. The van der Waals surface area contributed by atoms with E-state index in [0.717, 1.165) is 0 Å². The molecule has 0 aliphatic carbocycles. The molecule has 136 valence electrons. The van der Waals surface area contributed by atoms with Crippen molar-refractivity contribution in [2.24, 2.45) is 11.5 Å². The number of thiol groups is 1. The largest absolute Gasteiger partial charge is 0.481 e. The van der Waals surface area contributed by atoms with E-state index in [1.54, 1.807) is 0 Å². The van der Waals surface area contributed by atoms with Gasteiger partial charge in [0.1, 0.15) is 12.1 Å². The summed E-state index contributed by atoms with van der Waals surface area (Å²) in [5.74, 6) is -5.46. The van der Waals surface area contributed by atoms with Gasteiger partial charge in [0.05, 0.1) is 12.5 Å². The summed E-state index contributed by atoms with van der Waals surface area (Å²) in [6.07, 6.45) is -1.35. The molecule has 0 aromatic heterocycles. The van der Waals surface area contributed by atoms with E-state index in [2.05, 4.69) is 23.3 Å². The van der Waals surface area contributed by atoms with Crippen molar-refractivity contribution < 1.29 is 34.2 Å². The van der Waals surface area contributed by atoms with E-state index in [1.165, 1.54) is 0 Å². The molecule has 0 rings (SSSR count). The Balaban J connectivity index is 5.00. The van der Waals surface area contributed by atoms with Crippen molar-refractivity contribution in [3.63, 3.8) is 0 Å². The van der Waals surface area contributed by atoms with Crippen molar-refractivity contribution >= 4 is 42.3 Å². The number of nitrogens with two attached hydrogens (primary N) is 2. The van der Waals surface area contributed by atoms with Gasteiger partial charge in [-0.25, -0.2) is 4.79 Å². The van der Waals surface area contributed by atoms with Gasteiger partial charge in [-0.05, 0) is 6.42 Å². The van der Waals surface area contributed by atoms with Crippen molar-refractivity contribution in [3.8, 4) is 0 Å². The minimum atomic E-state index is -1.53. The molecule has 0 spiro atoms. The predicted molar refractivity (Wildman–Crippen MR) is 84.0 cm³/mol. The number of carbonyl (C=O) groups excluding carboxylic acids is 3. The number of carboxylic acid groups (broad SMARTS) is 2. The molecule has 11 nitrogen and oxygen atoms in total. The Morgan fingerprint density at radius 3 is 1.96 bits per heavy atom. The van der Waals surface area contributed by atoms with Gasteiger partial charge >= 0.3 is 11.9 Å². The third-order valence-corrected chi connectivity index (χ3v) is 3.23. The van der Waals surface area contributed by atoms with Gasteiger partial charge in [-0.15, -0.1) is 0 Å². The summed E-state index contributed by atoms with van der Waals surface area (Å²) in [4.78, 5) is 56.3. The summed E-state index contributed by atoms with van der Waals surface area (Å²) in [5.41, 5.74) is 10.3. The quantitative estimate of drug-likeness (QED) is 0.188. The molecule has 3 unspecified atom stereocenters. The minimum Gasteiger partial charge on any atom is -0.481 e. The molecule has 8 N–H and O–H groups in total. The first-order chi connectivity index (χ1) is 11.1. The van der Waals surface area contributed by atoms with Gasteiger partial charge in [-0.3, -0.25) is 19.2 Å². The third kappa shape index (κ3) is 8.33. The summed E-state index contributed by atoms with van der Waals surface area (Å²) in [7, 11) is 0. The zero-order valence-electron chi connectivity index (χ0n) is 12.6. The van der Waals surface area contributed by atoms with Crippen LogP contribution in [0, 0.1) is 0 Å². The Morgan fingerprint density at radius 1 is 1.00 bits per heavy atom. The van der Waals surface area contributed by atoms with Crippen LogP contribution in [-0.4, -0.2) is 63.8 Å². The highest BCUT2D eigenvalue weighted by atomic mass is 32.1. The number of amides is 3. The average Bonchev–Trinajstić information content (AvgIpc) is 2.48. The van der Waals surface area contributed by atoms with Crippen LogP contribution < -0.4 is 22.1 Å². The first-order valence-corrected chi connectivity index (χ1v) is 7.41. The Hall–Kier alpha value is -2.34. The van der Waals surface area contributed by atoms with Crippen molar-refractivity contribution in [2.75, 3.05) is 5.75 Å². The van der Waals surface area contributed by atoms with Crippen molar-refractivity contribution in [1.29, 1.82) is 0 Å². The molecular weight excluding hydrogens is 344 g/mol. The van der Waals surface area contributed by atoms with Crippen LogP contribution >= 0.6 is 12.6 Å². The second-order valence-corrected chi connectivity index (χ2v) is 5.22. The fourth-order valence-electron chi connectivity index (χ4n) is 1.56. The van der Waals surface area contributed by atoms with Crippen LogP contribution in [-0.2, 0) is 24.0 Å². The fraction of sp³-hybridized carbons (Fsp3) is 0.583. The first kappa shape index (κ1) is 21.7. The van der Waals surface area contributed by atoms with Crippen LogP contribution in [0.15, 0.2) is 0 Å². The van der Waals surface area contributed by atoms with Crippen LogP contribution in [0.5, 0.6) is 0 Å². The molecule has 0 saturated carbocycles. The van der Waals surface area contributed by atoms with E-state index in [4.69, 9.17) is 21.7 Å². The second kappa shape index (κ2) is 10.4. The number of aliphatic carboxylic acids is 2. The summed E-state index contributed by atoms with van der Waals surface area (Å²) in [5, 5.41) is 22.0. The highest BCUT2D eigenvalue weighted by Gasteiger charge is 2.29. The lowest BCUT2D eigenvalue weighted by Crippen LogP contribution is -2.55. The number of nitrogens with one attached hydrogen (secondary N) is 2. The predicted octanol–water partition coefficient (Wildman–Crippen LogP) is -2.96. The third-order valence-electron chi connectivity index (χ3n) is 2.84. The van der Waals surface area contributed by atoms with E-state index < -0.39 is 54.2 Å². The van der Waals surface area contributed by atoms with E-state index in [1.807, 2.05) is 0 Å². The van der Waals surface area contributed by atoms with E-state index in [9.17, 15) is 24.0 Å². The topological polar surface area (TPSA) is 202 Å². The van der Waals surface area contributed by atoms with E-state index in [0.29, 0.717) is 0 Å². The standard InChI is InChI=1S/C12H20N4O7S/c13-5(4-24)10(20)16-7(3-9(18)19)11(21)15-6(12(22)23)1-2-8(14)17/h5-7,24H,1-4,13H2,(H2,14,17)(H,15,21)(H,16,20)(H,18,19)(H,22,23). The van der Waals surface area contributed by atoms with Gasteiger partial charge in [0.25, 0.3) is 0 Å². The molecule has 0 heterocycles. The Labute approximate surface area is 142 Å². The van der Waals surface area contributed by atoms with Gasteiger partial charge in [0, 0.05) is 12.2 Å². The van der Waals surface area contributed by atoms with Crippen LogP contribution in [0.25, 0.3) is 0 Å². The first-order valence-electron chi connectivity index (χ1n) is 6.78. The normalized spacial score (nSPS) is 14.1. The number of hydrogen-bond donors (Lipinski definition) is 7. The SMILES string of the molecule is NC(=O)CCC(NC(=O)C(CC(=O)O)NC(=O)C(N)CS)C(=O)O. The molecular formula is C12H20N4O7S. The van der Waals surface area contributed by atoms with Crippen molar-refractivity contribution in [2.45, 2.75) is 37.4 Å². The molecule has 3 amide bonds. The van der Waals surface area contributed by atoms with Crippen LogP contribution in [0.4, 0.5) is 0 Å². The highest BCUT2D eigenvalue weighted by molar-refractivity contribution is 7.80. The molecule has 0 saturated heterocycles. The Bertz CT molecular complexity index is 514. The van der Waals surface area contributed by atoms with Crippen LogP contribution in [0.2, 0.25) is 0 Å². The van der Waals surface area contributed by atoms with Gasteiger partial charge in [-0.2, -0.15) is 12.6 Å². The van der Waals surface area contributed by atoms with Crippen LogP contribution in [0.3, 0.4) is 0 Å². The molecule has 0 aromatic rings. The lowest BCUT2D eigenvalue weighted by molar-refractivity contribution is -0.143. The molecule has 0 aliphatic heterocycles. The Kier molecular flexibility index (Phi) is 9.42. The molecule has 0 radical (unpaired) electrons. The smallest absolute Gasteiger partial charge is 0.326 e. The Morgan fingerprint density at radius 2 is 1.54 bits per heavy atom. The fourth-order valence-corrected chi connectivity index (χ4v) is 1.73. The van der Waals surface area contributed by atoms with Gasteiger partial charge in [0.15, 0.2) is 0 Å². The summed E-state index contributed by atoms with van der Waals surface area (Å²) < 4.78 is 0. The molecule has 12 heteroatoms. The maximum Gasteiger partial charge on any atom is 0.326 e. The molecule has 24 heavy (non-hydrogen) atoms. The lowest BCUT2D eigenvalue weighted by atomic mass is 10.1. The second-order valence-electron chi connectivity index (χ2n) is 4.85. The van der Waals surface area contributed by atoms with E-state index >= 15 is 0 Å².